The number of para-hydroxylation sites is 2. The minimum Gasteiger partial charge on any atom is -0.473 e. The van der Waals surface area contributed by atoms with E-state index in [0.717, 1.165) is 22.6 Å². The number of ether oxygens (including phenoxy) is 2. The van der Waals surface area contributed by atoms with Crippen molar-refractivity contribution in [2.45, 2.75) is 20.0 Å². The van der Waals surface area contributed by atoms with Crippen molar-refractivity contribution in [3.8, 4) is 11.5 Å². The fourth-order valence-corrected chi connectivity index (χ4v) is 3.34. The summed E-state index contributed by atoms with van der Waals surface area (Å²) in [6, 6.07) is 16.1. The molecule has 3 heterocycles. The number of aryl methyl sites for hydroxylation is 1. The minimum atomic E-state index is 0.416. The molecular weight excluding hydrogens is 342 g/mol. The van der Waals surface area contributed by atoms with E-state index < -0.39 is 0 Å². The van der Waals surface area contributed by atoms with Gasteiger partial charge in [0.1, 0.15) is 17.3 Å². The Morgan fingerprint density at radius 2 is 1.19 bits per heavy atom. The second-order valence-corrected chi connectivity index (χ2v) is 6.64. The number of hydrogen-bond donors (Lipinski definition) is 0. The Morgan fingerprint density at radius 3 is 1.70 bits per heavy atom. The summed E-state index contributed by atoms with van der Waals surface area (Å²) in [6.07, 6.45) is 0. The van der Waals surface area contributed by atoms with Gasteiger partial charge < -0.3 is 19.3 Å². The highest BCUT2D eigenvalue weighted by molar-refractivity contribution is 5.46. The molecule has 7 heteroatoms. The Kier molecular flexibility index (Phi) is 3.78. The Balaban J connectivity index is 1.43. The van der Waals surface area contributed by atoms with Gasteiger partial charge in [0.2, 0.25) is 11.9 Å². The van der Waals surface area contributed by atoms with E-state index in [0.29, 0.717) is 44.3 Å². The van der Waals surface area contributed by atoms with Crippen LogP contribution in [0, 0.1) is 6.92 Å². The molecule has 0 fully saturated rings. The van der Waals surface area contributed by atoms with Crippen molar-refractivity contribution in [3.63, 3.8) is 0 Å². The van der Waals surface area contributed by atoms with Gasteiger partial charge in [0.05, 0.1) is 13.1 Å². The molecule has 0 saturated carbocycles. The van der Waals surface area contributed by atoms with E-state index in [-0.39, 0.29) is 0 Å². The molecule has 136 valence electrons. The lowest BCUT2D eigenvalue weighted by atomic mass is 10.2. The van der Waals surface area contributed by atoms with E-state index in [9.17, 15) is 0 Å². The Bertz CT molecular complexity index is 918. The largest absolute Gasteiger partial charge is 0.473 e. The molecule has 0 unspecified atom stereocenters. The summed E-state index contributed by atoms with van der Waals surface area (Å²) < 4.78 is 11.7. The maximum Gasteiger partial charge on any atom is 0.233 e. The second-order valence-electron chi connectivity index (χ2n) is 6.64. The van der Waals surface area contributed by atoms with Gasteiger partial charge >= 0.3 is 0 Å². The van der Waals surface area contributed by atoms with Gasteiger partial charge in [0.25, 0.3) is 0 Å². The highest BCUT2D eigenvalue weighted by Gasteiger charge is 2.24. The van der Waals surface area contributed by atoms with Crippen LogP contribution in [0.2, 0.25) is 0 Å². The highest BCUT2D eigenvalue weighted by Crippen LogP contribution is 2.29. The van der Waals surface area contributed by atoms with Crippen molar-refractivity contribution in [3.05, 3.63) is 65.5 Å². The summed E-state index contributed by atoms with van der Waals surface area (Å²) in [5.41, 5.74) is 2.25. The lowest BCUT2D eigenvalue weighted by molar-refractivity contribution is 0.283. The summed E-state index contributed by atoms with van der Waals surface area (Å²) in [6.45, 7) is 4.13. The third-order valence-corrected chi connectivity index (χ3v) is 4.71. The summed E-state index contributed by atoms with van der Waals surface area (Å²) in [4.78, 5) is 17.8. The third kappa shape index (κ3) is 3.01. The second kappa shape index (κ2) is 6.42. The zero-order valence-corrected chi connectivity index (χ0v) is 15.0. The molecule has 3 aromatic rings. The van der Waals surface area contributed by atoms with Gasteiger partial charge in [-0.15, -0.1) is 0 Å². The van der Waals surface area contributed by atoms with Crippen molar-refractivity contribution < 1.29 is 9.47 Å². The summed E-state index contributed by atoms with van der Waals surface area (Å²) in [5, 5.41) is 0. The lowest BCUT2D eigenvalue weighted by Crippen LogP contribution is -2.36. The standard InChI is InChI=1S/C20H19N5O2/c1-14-21-19(24-10-15-6-2-4-8-17(15)26-12-24)23-20(22-14)25-11-16-7-3-5-9-18(16)27-13-25/h2-9H,10-13H2,1H3. The molecule has 2 aliphatic heterocycles. The number of benzene rings is 2. The monoisotopic (exact) mass is 361 g/mol. The third-order valence-electron chi connectivity index (χ3n) is 4.71. The maximum atomic E-state index is 5.85. The molecule has 2 aromatic carbocycles. The summed E-state index contributed by atoms with van der Waals surface area (Å²) in [7, 11) is 0. The molecule has 5 rings (SSSR count). The average Bonchev–Trinajstić information content (AvgIpc) is 2.72. The highest BCUT2D eigenvalue weighted by atomic mass is 16.5. The fraction of sp³-hybridized carbons (Fsp3) is 0.250. The van der Waals surface area contributed by atoms with Gasteiger partial charge in [-0.3, -0.25) is 0 Å². The van der Waals surface area contributed by atoms with Crippen molar-refractivity contribution in [2.24, 2.45) is 0 Å². The van der Waals surface area contributed by atoms with E-state index in [1.165, 1.54) is 0 Å². The van der Waals surface area contributed by atoms with Crippen LogP contribution in [0.3, 0.4) is 0 Å². The number of rotatable bonds is 2. The van der Waals surface area contributed by atoms with Crippen LogP contribution < -0.4 is 19.3 Å². The van der Waals surface area contributed by atoms with Crippen LogP contribution in [-0.2, 0) is 13.1 Å². The lowest BCUT2D eigenvalue weighted by Gasteiger charge is -2.31. The van der Waals surface area contributed by atoms with Crippen LogP contribution in [0.1, 0.15) is 17.0 Å². The molecule has 0 saturated heterocycles. The molecule has 27 heavy (non-hydrogen) atoms. The van der Waals surface area contributed by atoms with Crippen LogP contribution in [0.25, 0.3) is 0 Å². The van der Waals surface area contributed by atoms with Crippen molar-refractivity contribution in [2.75, 3.05) is 23.3 Å². The fourth-order valence-electron chi connectivity index (χ4n) is 3.34. The number of hydrogen-bond acceptors (Lipinski definition) is 7. The van der Waals surface area contributed by atoms with Gasteiger partial charge in [-0.2, -0.15) is 15.0 Å². The van der Waals surface area contributed by atoms with Crippen LogP contribution >= 0.6 is 0 Å². The van der Waals surface area contributed by atoms with Gasteiger partial charge in [-0.05, 0) is 19.1 Å². The first-order chi connectivity index (χ1) is 13.3. The molecule has 0 spiro atoms. The molecule has 0 N–H and O–H groups in total. The predicted molar refractivity (Wildman–Crippen MR) is 101 cm³/mol. The van der Waals surface area contributed by atoms with Crippen molar-refractivity contribution in [1.29, 1.82) is 0 Å². The molecule has 0 aliphatic carbocycles. The topological polar surface area (TPSA) is 63.6 Å². The molecule has 0 atom stereocenters. The van der Waals surface area contributed by atoms with Crippen molar-refractivity contribution >= 4 is 11.9 Å². The first kappa shape index (κ1) is 15.9. The smallest absolute Gasteiger partial charge is 0.233 e. The van der Waals surface area contributed by atoms with Gasteiger partial charge in [0, 0.05) is 11.1 Å². The van der Waals surface area contributed by atoms with Crippen LogP contribution in [0.15, 0.2) is 48.5 Å². The van der Waals surface area contributed by atoms with Crippen LogP contribution in [-0.4, -0.2) is 28.4 Å². The summed E-state index contributed by atoms with van der Waals surface area (Å²) >= 11 is 0. The quantitative estimate of drug-likeness (QED) is 0.695. The van der Waals surface area contributed by atoms with E-state index >= 15 is 0 Å². The van der Waals surface area contributed by atoms with Gasteiger partial charge in [-0.1, -0.05) is 36.4 Å². The SMILES string of the molecule is Cc1nc(N2COc3ccccc3C2)nc(N2COc3ccccc3C2)n1. The first-order valence-corrected chi connectivity index (χ1v) is 8.90. The first-order valence-electron chi connectivity index (χ1n) is 8.90. The zero-order chi connectivity index (χ0) is 18.2. The van der Waals surface area contributed by atoms with Crippen molar-refractivity contribution in [1.82, 2.24) is 15.0 Å². The van der Waals surface area contributed by atoms with E-state index in [4.69, 9.17) is 14.5 Å². The molecule has 0 amide bonds. The van der Waals surface area contributed by atoms with Gasteiger partial charge in [-0.25, -0.2) is 0 Å². The van der Waals surface area contributed by atoms with E-state index in [1.54, 1.807) is 0 Å². The number of aromatic nitrogens is 3. The van der Waals surface area contributed by atoms with E-state index in [2.05, 4.69) is 22.1 Å². The molecule has 2 aliphatic rings. The molecule has 7 nitrogen and oxygen atoms in total. The van der Waals surface area contributed by atoms with E-state index in [1.807, 2.05) is 53.1 Å². The minimum absolute atomic E-state index is 0.416. The molecule has 0 bridgehead atoms. The van der Waals surface area contributed by atoms with Gasteiger partial charge in [0.15, 0.2) is 13.5 Å². The Labute approximate surface area is 157 Å². The number of fused-ring (bicyclic) bond motifs is 2. The molecular formula is C20H19N5O2. The molecule has 1 aromatic heterocycles. The Morgan fingerprint density at radius 1 is 0.704 bits per heavy atom. The number of anilines is 2. The summed E-state index contributed by atoms with van der Waals surface area (Å²) in [5.74, 6) is 3.74. The van der Waals surface area contributed by atoms with Crippen LogP contribution in [0.4, 0.5) is 11.9 Å². The Hall–Kier alpha value is -3.35. The van der Waals surface area contributed by atoms with Crippen LogP contribution in [0.5, 0.6) is 11.5 Å². The normalized spacial score (nSPS) is 15.4. The number of nitrogens with zero attached hydrogens (tertiary/aromatic N) is 5. The molecule has 0 radical (unpaired) electrons. The zero-order valence-electron chi connectivity index (χ0n) is 15.0. The maximum absolute atomic E-state index is 5.85. The average molecular weight is 361 g/mol. The predicted octanol–water partition coefficient (Wildman–Crippen LogP) is 2.89.